The number of para-hydroxylation sites is 1. The van der Waals surface area contributed by atoms with Crippen molar-refractivity contribution in [2.75, 3.05) is 31.1 Å². The van der Waals surface area contributed by atoms with Crippen LogP contribution in [-0.2, 0) is 21.2 Å². The molecule has 4 rings (SSSR count). The van der Waals surface area contributed by atoms with Gasteiger partial charge in [-0.3, -0.25) is 9.69 Å². The van der Waals surface area contributed by atoms with E-state index in [9.17, 15) is 13.2 Å². The summed E-state index contributed by atoms with van der Waals surface area (Å²) in [6.45, 7) is 2.59. The van der Waals surface area contributed by atoms with Crippen LogP contribution in [0.3, 0.4) is 0 Å². The Morgan fingerprint density at radius 1 is 1.12 bits per heavy atom. The number of hydrogen-bond acceptors (Lipinski definition) is 4. The van der Waals surface area contributed by atoms with Gasteiger partial charge in [0.15, 0.2) is 0 Å². The molecule has 1 aromatic rings. The number of fused-ring (bicyclic) bond motifs is 1. The maximum absolute atomic E-state index is 12.9. The number of piperidine rings is 1. The Hall–Kier alpha value is -1.44. The molecule has 2 fully saturated rings. The normalized spacial score (nSPS) is 24.3. The number of likely N-dealkylation sites (tertiary alicyclic amines) is 1. The third kappa shape index (κ3) is 3.94. The average Bonchev–Trinajstić information content (AvgIpc) is 3.47. The lowest BCUT2D eigenvalue weighted by molar-refractivity contribution is -0.120. The smallest absolute Gasteiger partial charge is 0.241 e. The van der Waals surface area contributed by atoms with E-state index >= 15 is 0 Å². The third-order valence-corrected chi connectivity index (χ3v) is 7.58. The van der Waals surface area contributed by atoms with E-state index in [4.69, 9.17) is 0 Å². The Balaban J connectivity index is 1.37. The second kappa shape index (κ2) is 7.29. The van der Waals surface area contributed by atoms with E-state index in [2.05, 4.69) is 15.7 Å². The lowest BCUT2D eigenvalue weighted by Gasteiger charge is -2.35. The summed E-state index contributed by atoms with van der Waals surface area (Å²) in [5.41, 5.74) is 2.27. The standard InChI is InChI=1S/C19H27N3O3S/c23-19(22-12-3-6-15-5-1-2-8-18(15)22)14-21-11-4-7-16(13-21)20-26(24,25)17-9-10-17/h1-2,5,8,16-17,20H,3-4,6-7,9-14H2. The lowest BCUT2D eigenvalue weighted by atomic mass is 10.0. The summed E-state index contributed by atoms with van der Waals surface area (Å²) >= 11 is 0. The zero-order valence-corrected chi connectivity index (χ0v) is 15.9. The molecule has 3 aliphatic rings. The van der Waals surface area contributed by atoms with E-state index in [-0.39, 0.29) is 17.2 Å². The number of nitrogens with zero attached hydrogens (tertiary/aromatic N) is 2. The summed E-state index contributed by atoms with van der Waals surface area (Å²) in [7, 11) is -3.17. The fourth-order valence-electron chi connectivity index (χ4n) is 4.07. The number of carbonyl (C=O) groups is 1. The van der Waals surface area contributed by atoms with E-state index in [0.717, 1.165) is 57.3 Å². The van der Waals surface area contributed by atoms with Gasteiger partial charge in [-0.25, -0.2) is 13.1 Å². The molecule has 7 heteroatoms. The van der Waals surface area contributed by atoms with Crippen molar-refractivity contribution in [2.24, 2.45) is 0 Å². The largest absolute Gasteiger partial charge is 0.311 e. The van der Waals surface area contributed by atoms with Crippen LogP contribution < -0.4 is 9.62 Å². The van der Waals surface area contributed by atoms with Gasteiger partial charge in [-0.2, -0.15) is 0 Å². The monoisotopic (exact) mass is 377 g/mol. The molecule has 1 aliphatic carbocycles. The minimum atomic E-state index is -3.17. The van der Waals surface area contributed by atoms with Crippen LogP contribution >= 0.6 is 0 Å². The van der Waals surface area contributed by atoms with E-state index in [0.29, 0.717) is 13.1 Å². The number of amides is 1. The Labute approximate surface area is 155 Å². The van der Waals surface area contributed by atoms with Gasteiger partial charge in [0.25, 0.3) is 0 Å². The predicted molar refractivity (Wildman–Crippen MR) is 102 cm³/mol. The summed E-state index contributed by atoms with van der Waals surface area (Å²) in [6, 6.07) is 8.05. The highest BCUT2D eigenvalue weighted by molar-refractivity contribution is 7.90. The topological polar surface area (TPSA) is 69.7 Å². The van der Waals surface area contributed by atoms with Crippen LogP contribution in [0.2, 0.25) is 0 Å². The molecular formula is C19H27N3O3S. The van der Waals surface area contributed by atoms with Gasteiger partial charge in [-0.15, -0.1) is 0 Å². The molecule has 1 saturated heterocycles. The summed E-state index contributed by atoms with van der Waals surface area (Å²) in [5.74, 6) is 0.114. The first kappa shape index (κ1) is 17.9. The van der Waals surface area contributed by atoms with Gasteiger partial charge < -0.3 is 4.90 Å². The molecule has 6 nitrogen and oxygen atoms in total. The SMILES string of the molecule is O=C(CN1CCCC(NS(=O)(=O)C2CC2)C1)N1CCCc2ccccc21. The number of hydrogen-bond donors (Lipinski definition) is 1. The first-order chi connectivity index (χ1) is 12.5. The van der Waals surface area contributed by atoms with Crippen LogP contribution in [0, 0.1) is 0 Å². The van der Waals surface area contributed by atoms with Crippen LogP contribution in [-0.4, -0.2) is 56.7 Å². The van der Waals surface area contributed by atoms with Crippen LogP contribution in [0.15, 0.2) is 24.3 Å². The fraction of sp³-hybridized carbons (Fsp3) is 0.632. The van der Waals surface area contributed by atoms with E-state index < -0.39 is 10.0 Å². The van der Waals surface area contributed by atoms with Gasteiger partial charge in [0.2, 0.25) is 15.9 Å². The third-order valence-electron chi connectivity index (χ3n) is 5.57. The Morgan fingerprint density at radius 2 is 1.92 bits per heavy atom. The average molecular weight is 378 g/mol. The number of aryl methyl sites for hydroxylation is 1. The molecule has 1 unspecified atom stereocenters. The molecule has 1 atom stereocenters. The first-order valence-electron chi connectivity index (χ1n) is 9.65. The molecule has 2 aliphatic heterocycles. The number of nitrogens with one attached hydrogen (secondary N) is 1. The maximum Gasteiger partial charge on any atom is 0.241 e. The quantitative estimate of drug-likeness (QED) is 0.845. The molecule has 0 spiro atoms. The van der Waals surface area contributed by atoms with Crippen LogP contribution in [0.5, 0.6) is 0 Å². The van der Waals surface area contributed by atoms with Crippen LogP contribution in [0.4, 0.5) is 5.69 Å². The van der Waals surface area contributed by atoms with Crippen LogP contribution in [0.25, 0.3) is 0 Å². The summed E-state index contributed by atoms with van der Waals surface area (Å²) in [4.78, 5) is 16.9. The van der Waals surface area contributed by atoms with E-state index in [1.165, 1.54) is 5.56 Å². The number of benzene rings is 1. The Bertz CT molecular complexity index is 776. The number of sulfonamides is 1. The zero-order valence-electron chi connectivity index (χ0n) is 15.1. The van der Waals surface area contributed by atoms with Crippen molar-refractivity contribution in [3.8, 4) is 0 Å². The van der Waals surface area contributed by atoms with Gasteiger partial charge >= 0.3 is 0 Å². The first-order valence-corrected chi connectivity index (χ1v) is 11.2. The highest BCUT2D eigenvalue weighted by Gasteiger charge is 2.38. The molecule has 0 radical (unpaired) electrons. The Kier molecular flexibility index (Phi) is 5.03. The van der Waals surface area contributed by atoms with Crippen molar-refractivity contribution in [1.82, 2.24) is 9.62 Å². The van der Waals surface area contributed by atoms with E-state index in [1.807, 2.05) is 23.1 Å². The molecule has 2 heterocycles. The van der Waals surface area contributed by atoms with Gasteiger partial charge in [0.05, 0.1) is 11.8 Å². The second-order valence-corrected chi connectivity index (χ2v) is 9.71. The maximum atomic E-state index is 12.9. The highest BCUT2D eigenvalue weighted by Crippen LogP contribution is 2.29. The molecule has 1 saturated carbocycles. The van der Waals surface area contributed by atoms with Gasteiger partial charge in [-0.1, -0.05) is 18.2 Å². The van der Waals surface area contributed by atoms with Crippen molar-refractivity contribution in [3.63, 3.8) is 0 Å². The minimum Gasteiger partial charge on any atom is -0.311 e. The number of carbonyl (C=O) groups excluding carboxylic acids is 1. The van der Waals surface area contributed by atoms with E-state index in [1.54, 1.807) is 0 Å². The molecule has 142 valence electrons. The molecule has 1 amide bonds. The molecule has 1 N–H and O–H groups in total. The molecule has 26 heavy (non-hydrogen) atoms. The molecule has 0 bridgehead atoms. The highest BCUT2D eigenvalue weighted by atomic mass is 32.2. The summed E-state index contributed by atoms with van der Waals surface area (Å²) < 4.78 is 27.2. The molecule has 0 aromatic heterocycles. The van der Waals surface area contributed by atoms with Gasteiger partial charge in [-0.05, 0) is 56.7 Å². The Morgan fingerprint density at radius 3 is 2.73 bits per heavy atom. The minimum absolute atomic E-state index is 0.0733. The lowest BCUT2D eigenvalue weighted by Crippen LogP contribution is -2.51. The summed E-state index contributed by atoms with van der Waals surface area (Å²) in [5, 5.41) is -0.190. The molecule has 1 aromatic carbocycles. The summed E-state index contributed by atoms with van der Waals surface area (Å²) in [6.07, 6.45) is 5.34. The predicted octanol–water partition coefficient (Wildman–Crippen LogP) is 1.51. The molecular weight excluding hydrogens is 350 g/mol. The van der Waals surface area contributed by atoms with Gasteiger partial charge in [0.1, 0.15) is 0 Å². The fourth-order valence-corrected chi connectivity index (χ4v) is 5.68. The van der Waals surface area contributed by atoms with Crippen LogP contribution in [0.1, 0.15) is 37.7 Å². The van der Waals surface area contributed by atoms with Crippen molar-refractivity contribution < 1.29 is 13.2 Å². The zero-order chi connectivity index (χ0) is 18.1. The van der Waals surface area contributed by atoms with Crippen molar-refractivity contribution in [3.05, 3.63) is 29.8 Å². The van der Waals surface area contributed by atoms with Crippen molar-refractivity contribution in [1.29, 1.82) is 0 Å². The van der Waals surface area contributed by atoms with Crippen molar-refractivity contribution in [2.45, 2.75) is 49.8 Å². The second-order valence-electron chi connectivity index (χ2n) is 7.71. The van der Waals surface area contributed by atoms with Gasteiger partial charge in [0, 0.05) is 24.8 Å². The number of anilines is 1. The van der Waals surface area contributed by atoms with Crippen molar-refractivity contribution >= 4 is 21.6 Å². The number of rotatable bonds is 5.